The lowest BCUT2D eigenvalue weighted by molar-refractivity contribution is 0.389. The first-order valence-corrected chi connectivity index (χ1v) is 6.96. The van der Waals surface area contributed by atoms with E-state index >= 15 is 0 Å². The fraction of sp³-hybridized carbons (Fsp3) is 0.667. The van der Waals surface area contributed by atoms with E-state index in [9.17, 15) is 0 Å². The second-order valence-corrected chi connectivity index (χ2v) is 5.73. The van der Waals surface area contributed by atoms with Gasteiger partial charge in [0.25, 0.3) is 0 Å². The summed E-state index contributed by atoms with van der Waals surface area (Å²) in [4.78, 5) is 7.06. The van der Waals surface area contributed by atoms with Gasteiger partial charge in [0.2, 0.25) is 0 Å². The molecule has 0 radical (unpaired) electrons. The summed E-state index contributed by atoms with van der Waals surface area (Å²) in [5.41, 5.74) is 10.6. The molecule has 2 rings (SSSR count). The first-order chi connectivity index (χ1) is 8.52. The molecule has 1 fully saturated rings. The van der Waals surface area contributed by atoms with Gasteiger partial charge in [-0.05, 0) is 45.6 Å². The minimum Gasteiger partial charge on any atom is -0.368 e. The van der Waals surface area contributed by atoms with E-state index in [2.05, 4.69) is 43.6 Å². The Bertz CT molecular complexity index is 428. The lowest BCUT2D eigenvalue weighted by Gasteiger charge is -2.40. The van der Waals surface area contributed by atoms with Crippen LogP contribution in [0.2, 0.25) is 0 Å². The lowest BCUT2D eigenvalue weighted by Crippen LogP contribution is -2.42. The molecule has 0 aromatic carbocycles. The van der Waals surface area contributed by atoms with Crippen LogP contribution >= 0.6 is 0 Å². The fourth-order valence-electron chi connectivity index (χ4n) is 2.97. The van der Waals surface area contributed by atoms with Crippen molar-refractivity contribution in [1.82, 2.24) is 4.98 Å². The van der Waals surface area contributed by atoms with Crippen LogP contribution in [0.15, 0.2) is 6.07 Å². The molecule has 1 aromatic heterocycles. The number of aromatic nitrogens is 1. The second-order valence-electron chi connectivity index (χ2n) is 5.73. The zero-order valence-electron chi connectivity index (χ0n) is 12.0. The second kappa shape index (κ2) is 5.27. The van der Waals surface area contributed by atoms with Crippen molar-refractivity contribution in [2.75, 3.05) is 11.4 Å². The summed E-state index contributed by atoms with van der Waals surface area (Å²) in [5.74, 6) is 0.764. The maximum Gasteiger partial charge on any atom is 0.0450 e. The van der Waals surface area contributed by atoms with Crippen molar-refractivity contribution < 1.29 is 0 Å². The van der Waals surface area contributed by atoms with Crippen LogP contribution in [0.5, 0.6) is 0 Å². The van der Waals surface area contributed by atoms with Crippen LogP contribution in [0.4, 0.5) is 5.69 Å². The standard InChI is InChI=1S/C15H25N3/c1-10-5-6-12(3)18(9-10)15-7-11(2)17-13(4)14(15)8-16/h7,10,12H,5-6,8-9,16H2,1-4H3. The largest absolute Gasteiger partial charge is 0.368 e. The van der Waals surface area contributed by atoms with Crippen LogP contribution in [-0.4, -0.2) is 17.6 Å². The average Bonchev–Trinajstić information content (AvgIpc) is 2.31. The molecule has 2 heterocycles. The topological polar surface area (TPSA) is 42.1 Å². The molecule has 18 heavy (non-hydrogen) atoms. The molecule has 3 heteroatoms. The highest BCUT2D eigenvalue weighted by Gasteiger charge is 2.25. The first kappa shape index (κ1) is 13.3. The summed E-state index contributed by atoms with van der Waals surface area (Å²) >= 11 is 0. The van der Waals surface area contributed by atoms with Crippen molar-refractivity contribution in [3.05, 3.63) is 23.0 Å². The van der Waals surface area contributed by atoms with Gasteiger partial charge in [-0.1, -0.05) is 6.92 Å². The third-order valence-corrected chi connectivity index (χ3v) is 4.07. The third kappa shape index (κ3) is 2.51. The van der Waals surface area contributed by atoms with E-state index in [0.717, 1.165) is 23.9 Å². The van der Waals surface area contributed by atoms with E-state index in [-0.39, 0.29) is 0 Å². The average molecular weight is 247 g/mol. The molecule has 3 nitrogen and oxygen atoms in total. The number of pyridine rings is 1. The van der Waals surface area contributed by atoms with Gasteiger partial charge < -0.3 is 10.6 Å². The van der Waals surface area contributed by atoms with Gasteiger partial charge in [0.15, 0.2) is 0 Å². The molecule has 0 saturated carbocycles. The van der Waals surface area contributed by atoms with Crippen molar-refractivity contribution in [2.45, 2.75) is 53.1 Å². The first-order valence-electron chi connectivity index (χ1n) is 6.96. The Morgan fingerprint density at radius 2 is 2.06 bits per heavy atom. The summed E-state index contributed by atoms with van der Waals surface area (Å²) in [6.45, 7) is 10.5. The Morgan fingerprint density at radius 1 is 1.33 bits per heavy atom. The van der Waals surface area contributed by atoms with E-state index in [1.165, 1.54) is 24.1 Å². The zero-order chi connectivity index (χ0) is 13.3. The summed E-state index contributed by atoms with van der Waals surface area (Å²) in [7, 11) is 0. The van der Waals surface area contributed by atoms with Crippen molar-refractivity contribution in [1.29, 1.82) is 0 Å². The Labute approximate surface area is 110 Å². The van der Waals surface area contributed by atoms with Gasteiger partial charge in [0.1, 0.15) is 0 Å². The summed E-state index contributed by atoms with van der Waals surface area (Å²) in [6, 6.07) is 2.80. The van der Waals surface area contributed by atoms with Crippen LogP contribution in [0, 0.1) is 19.8 Å². The number of anilines is 1. The van der Waals surface area contributed by atoms with Gasteiger partial charge in [0.05, 0.1) is 0 Å². The maximum absolute atomic E-state index is 5.92. The molecule has 100 valence electrons. The fourth-order valence-corrected chi connectivity index (χ4v) is 2.97. The van der Waals surface area contributed by atoms with Crippen molar-refractivity contribution in [2.24, 2.45) is 11.7 Å². The number of nitrogens with zero attached hydrogens (tertiary/aromatic N) is 2. The number of rotatable bonds is 2. The smallest absolute Gasteiger partial charge is 0.0450 e. The number of aryl methyl sites for hydroxylation is 2. The normalized spacial score (nSPS) is 24.4. The van der Waals surface area contributed by atoms with Gasteiger partial charge >= 0.3 is 0 Å². The molecule has 2 N–H and O–H groups in total. The Hall–Kier alpha value is -1.09. The molecular formula is C15H25N3. The Morgan fingerprint density at radius 3 is 2.72 bits per heavy atom. The van der Waals surface area contributed by atoms with Gasteiger partial charge in [-0.2, -0.15) is 0 Å². The number of hydrogen-bond acceptors (Lipinski definition) is 3. The monoisotopic (exact) mass is 247 g/mol. The van der Waals surface area contributed by atoms with Crippen LogP contribution in [0.1, 0.15) is 43.6 Å². The van der Waals surface area contributed by atoms with Gasteiger partial charge in [-0.25, -0.2) is 0 Å². The predicted molar refractivity (Wildman–Crippen MR) is 76.8 cm³/mol. The minimum atomic E-state index is 0.575. The van der Waals surface area contributed by atoms with Crippen LogP contribution < -0.4 is 10.6 Å². The molecule has 0 amide bonds. The summed E-state index contributed by atoms with van der Waals surface area (Å²) in [6.07, 6.45) is 2.60. The third-order valence-electron chi connectivity index (χ3n) is 4.07. The van der Waals surface area contributed by atoms with E-state index < -0.39 is 0 Å². The summed E-state index contributed by atoms with van der Waals surface area (Å²) in [5, 5.41) is 0. The Kier molecular flexibility index (Phi) is 3.91. The molecule has 1 aliphatic rings. The molecule has 2 atom stereocenters. The van der Waals surface area contributed by atoms with Crippen LogP contribution in [0.25, 0.3) is 0 Å². The van der Waals surface area contributed by atoms with Crippen LogP contribution in [-0.2, 0) is 6.54 Å². The van der Waals surface area contributed by atoms with Gasteiger partial charge in [0, 0.05) is 41.8 Å². The molecule has 0 spiro atoms. The molecule has 0 aliphatic carbocycles. The van der Waals surface area contributed by atoms with Crippen molar-refractivity contribution in [3.63, 3.8) is 0 Å². The number of piperidine rings is 1. The molecule has 1 saturated heterocycles. The molecule has 1 aliphatic heterocycles. The maximum atomic E-state index is 5.92. The van der Waals surface area contributed by atoms with Crippen LogP contribution in [0.3, 0.4) is 0 Å². The highest BCUT2D eigenvalue weighted by atomic mass is 15.2. The molecule has 1 aromatic rings. The van der Waals surface area contributed by atoms with E-state index in [1.807, 2.05) is 0 Å². The Balaban J connectivity index is 2.42. The molecular weight excluding hydrogens is 222 g/mol. The molecule has 2 unspecified atom stereocenters. The van der Waals surface area contributed by atoms with Crippen molar-refractivity contribution >= 4 is 5.69 Å². The summed E-state index contributed by atoms with van der Waals surface area (Å²) < 4.78 is 0. The van der Waals surface area contributed by atoms with E-state index in [1.54, 1.807) is 0 Å². The number of hydrogen-bond donors (Lipinski definition) is 1. The lowest BCUT2D eigenvalue weighted by atomic mass is 9.93. The SMILES string of the molecule is Cc1cc(N2CC(C)CCC2C)c(CN)c(C)n1. The number of nitrogens with two attached hydrogens (primary N) is 1. The van der Waals surface area contributed by atoms with Crippen molar-refractivity contribution in [3.8, 4) is 0 Å². The highest BCUT2D eigenvalue weighted by molar-refractivity contribution is 5.57. The zero-order valence-corrected chi connectivity index (χ0v) is 12.0. The predicted octanol–water partition coefficient (Wildman–Crippen LogP) is 2.78. The minimum absolute atomic E-state index is 0.575. The van der Waals surface area contributed by atoms with Gasteiger partial charge in [-0.3, -0.25) is 4.98 Å². The highest BCUT2D eigenvalue weighted by Crippen LogP contribution is 2.31. The molecule has 0 bridgehead atoms. The quantitative estimate of drug-likeness (QED) is 0.874. The van der Waals surface area contributed by atoms with E-state index in [4.69, 9.17) is 5.73 Å². The van der Waals surface area contributed by atoms with Gasteiger partial charge in [-0.15, -0.1) is 0 Å². The van der Waals surface area contributed by atoms with E-state index in [0.29, 0.717) is 12.6 Å².